The fourth-order valence-electron chi connectivity index (χ4n) is 2.69. The predicted octanol–water partition coefficient (Wildman–Crippen LogP) is -0.132. The monoisotopic (exact) mass is 233 g/mol. The Bertz CT molecular complexity index is 369. The van der Waals surface area contributed by atoms with E-state index in [2.05, 4.69) is 25.1 Å². The van der Waals surface area contributed by atoms with E-state index < -0.39 is 0 Å². The molecule has 17 heavy (non-hydrogen) atoms. The lowest BCUT2D eigenvalue weighted by Gasteiger charge is -2.46. The number of fused-ring (bicyclic) bond motifs is 3. The Balaban J connectivity index is 1.75. The molecular weight excluding hydrogens is 214 g/mol. The van der Waals surface area contributed by atoms with Crippen LogP contribution in [0.15, 0.2) is 12.4 Å². The second kappa shape index (κ2) is 4.68. The molecule has 1 aromatic rings. The molecule has 0 radical (unpaired) electrons. The summed E-state index contributed by atoms with van der Waals surface area (Å²) in [6.45, 7) is 6.65. The molecule has 1 unspecified atom stereocenters. The molecule has 5 heteroatoms. The lowest BCUT2D eigenvalue weighted by Crippen LogP contribution is -2.57. The van der Waals surface area contributed by atoms with Gasteiger partial charge in [0.25, 0.3) is 0 Å². The average Bonchev–Trinajstić information content (AvgIpc) is 2.41. The quantitative estimate of drug-likeness (QED) is 0.788. The fourth-order valence-corrected chi connectivity index (χ4v) is 2.69. The Morgan fingerprint density at radius 1 is 1.24 bits per heavy atom. The summed E-state index contributed by atoms with van der Waals surface area (Å²) in [4.78, 5) is 14.1. The van der Waals surface area contributed by atoms with Crippen LogP contribution in [-0.4, -0.2) is 59.5 Å². The van der Waals surface area contributed by atoms with Crippen molar-refractivity contribution in [1.29, 1.82) is 0 Å². The first-order valence-electron chi connectivity index (χ1n) is 6.28. The largest absolute Gasteiger partial charge is 0.316 e. The second-order valence-corrected chi connectivity index (χ2v) is 4.83. The normalized spacial score (nSPS) is 31.7. The first-order chi connectivity index (χ1) is 8.36. The van der Waals surface area contributed by atoms with E-state index >= 15 is 0 Å². The van der Waals surface area contributed by atoms with Crippen LogP contribution in [0.4, 0.5) is 0 Å². The second-order valence-electron chi connectivity index (χ2n) is 4.83. The van der Waals surface area contributed by atoms with Crippen molar-refractivity contribution < 1.29 is 0 Å². The van der Waals surface area contributed by atoms with Crippen molar-refractivity contribution in [3.8, 4) is 0 Å². The highest BCUT2D eigenvalue weighted by Crippen LogP contribution is 2.26. The van der Waals surface area contributed by atoms with Crippen LogP contribution in [-0.2, 0) is 6.54 Å². The number of piperazine rings is 3. The molecule has 92 valence electrons. The Kier molecular flexibility index (Phi) is 3.05. The zero-order chi connectivity index (χ0) is 11.7. The Morgan fingerprint density at radius 2 is 1.94 bits per heavy atom. The summed E-state index contributed by atoms with van der Waals surface area (Å²) >= 11 is 0. The minimum absolute atomic E-state index is 0.404. The molecule has 3 fully saturated rings. The fraction of sp³-hybridized carbons (Fsp3) is 0.667. The standard InChI is InChI=1S/C12H19N5/c1-13-6-10-7-14-12(15-8-10)11-9-16-2-4-17(11)5-3-16/h7-8,11,13H,2-6,9H2,1H3. The van der Waals surface area contributed by atoms with Gasteiger partial charge in [-0.2, -0.15) is 0 Å². The first-order valence-corrected chi connectivity index (χ1v) is 6.28. The summed E-state index contributed by atoms with van der Waals surface area (Å²) < 4.78 is 0. The molecule has 1 aromatic heterocycles. The van der Waals surface area contributed by atoms with Crippen LogP contribution < -0.4 is 5.32 Å². The SMILES string of the molecule is CNCc1cnc(C2CN3CCN2CC3)nc1. The molecule has 5 nitrogen and oxygen atoms in total. The van der Waals surface area contributed by atoms with E-state index in [1.54, 1.807) is 0 Å². The molecule has 1 atom stereocenters. The van der Waals surface area contributed by atoms with E-state index in [4.69, 9.17) is 0 Å². The Labute approximate surface area is 102 Å². The number of rotatable bonds is 3. The maximum absolute atomic E-state index is 4.52. The van der Waals surface area contributed by atoms with E-state index in [1.165, 1.54) is 13.1 Å². The summed E-state index contributed by atoms with van der Waals surface area (Å²) in [5.74, 6) is 0.981. The average molecular weight is 233 g/mol. The summed E-state index contributed by atoms with van der Waals surface area (Å²) in [7, 11) is 1.94. The van der Waals surface area contributed by atoms with E-state index in [0.29, 0.717) is 6.04 Å². The van der Waals surface area contributed by atoms with Gasteiger partial charge in [0.05, 0.1) is 6.04 Å². The predicted molar refractivity (Wildman–Crippen MR) is 65.5 cm³/mol. The van der Waals surface area contributed by atoms with Crippen LogP contribution in [0.1, 0.15) is 17.4 Å². The van der Waals surface area contributed by atoms with Crippen LogP contribution >= 0.6 is 0 Å². The van der Waals surface area contributed by atoms with Gasteiger partial charge in [-0.25, -0.2) is 9.97 Å². The number of nitrogens with one attached hydrogen (secondary N) is 1. The summed E-state index contributed by atoms with van der Waals surface area (Å²) in [5.41, 5.74) is 1.15. The molecule has 0 aromatic carbocycles. The number of hydrogen-bond donors (Lipinski definition) is 1. The molecule has 3 aliphatic rings. The van der Waals surface area contributed by atoms with E-state index in [1.807, 2.05) is 19.4 Å². The smallest absolute Gasteiger partial charge is 0.146 e. The van der Waals surface area contributed by atoms with Crippen molar-refractivity contribution in [2.45, 2.75) is 12.6 Å². The first kappa shape index (κ1) is 11.1. The molecule has 4 heterocycles. The molecular formula is C12H19N5. The summed E-state index contributed by atoms with van der Waals surface area (Å²) in [5, 5.41) is 3.11. The number of nitrogens with zero attached hydrogens (tertiary/aromatic N) is 4. The van der Waals surface area contributed by atoms with Crippen molar-refractivity contribution in [1.82, 2.24) is 25.1 Å². The van der Waals surface area contributed by atoms with Crippen LogP contribution in [0.25, 0.3) is 0 Å². The van der Waals surface area contributed by atoms with E-state index in [9.17, 15) is 0 Å². The van der Waals surface area contributed by atoms with Gasteiger partial charge in [-0.3, -0.25) is 9.80 Å². The van der Waals surface area contributed by atoms with Crippen LogP contribution in [0.2, 0.25) is 0 Å². The third-order valence-corrected chi connectivity index (χ3v) is 3.68. The highest BCUT2D eigenvalue weighted by Gasteiger charge is 2.34. The van der Waals surface area contributed by atoms with Crippen molar-refractivity contribution >= 4 is 0 Å². The third-order valence-electron chi connectivity index (χ3n) is 3.68. The Hall–Kier alpha value is -1.04. The van der Waals surface area contributed by atoms with Crippen molar-refractivity contribution in [2.24, 2.45) is 0 Å². The number of hydrogen-bond acceptors (Lipinski definition) is 5. The highest BCUT2D eigenvalue weighted by atomic mass is 15.4. The van der Waals surface area contributed by atoms with Gasteiger partial charge in [-0.05, 0) is 7.05 Å². The van der Waals surface area contributed by atoms with Crippen LogP contribution in [0.5, 0.6) is 0 Å². The zero-order valence-corrected chi connectivity index (χ0v) is 10.3. The molecule has 2 bridgehead atoms. The molecule has 3 aliphatic heterocycles. The molecule has 3 saturated heterocycles. The van der Waals surface area contributed by atoms with Crippen molar-refractivity contribution in [3.63, 3.8) is 0 Å². The molecule has 0 spiro atoms. The highest BCUT2D eigenvalue weighted by molar-refractivity contribution is 5.09. The summed E-state index contributed by atoms with van der Waals surface area (Å²) in [6, 6.07) is 0.404. The maximum Gasteiger partial charge on any atom is 0.146 e. The molecule has 4 rings (SSSR count). The van der Waals surface area contributed by atoms with Gasteiger partial charge in [0.2, 0.25) is 0 Å². The van der Waals surface area contributed by atoms with E-state index in [-0.39, 0.29) is 0 Å². The zero-order valence-electron chi connectivity index (χ0n) is 10.3. The maximum atomic E-state index is 4.52. The van der Waals surface area contributed by atoms with Crippen molar-refractivity contribution in [2.75, 3.05) is 39.8 Å². The number of aromatic nitrogens is 2. The molecule has 0 aliphatic carbocycles. The summed E-state index contributed by atoms with van der Waals surface area (Å²) in [6.07, 6.45) is 3.88. The molecule has 0 amide bonds. The van der Waals surface area contributed by atoms with Gasteiger partial charge in [0.15, 0.2) is 0 Å². The van der Waals surface area contributed by atoms with E-state index in [0.717, 1.165) is 37.6 Å². The van der Waals surface area contributed by atoms with Gasteiger partial charge in [-0.15, -0.1) is 0 Å². The van der Waals surface area contributed by atoms with Gasteiger partial charge in [-0.1, -0.05) is 0 Å². The topological polar surface area (TPSA) is 44.3 Å². The van der Waals surface area contributed by atoms with Gasteiger partial charge in [0.1, 0.15) is 5.82 Å². The van der Waals surface area contributed by atoms with Crippen LogP contribution in [0.3, 0.4) is 0 Å². The van der Waals surface area contributed by atoms with Gasteiger partial charge >= 0.3 is 0 Å². The van der Waals surface area contributed by atoms with Gasteiger partial charge in [0, 0.05) is 57.2 Å². The minimum Gasteiger partial charge on any atom is -0.316 e. The molecule has 0 saturated carbocycles. The third kappa shape index (κ3) is 2.18. The minimum atomic E-state index is 0.404. The lowest BCUT2D eigenvalue weighted by atomic mass is 10.1. The Morgan fingerprint density at radius 3 is 2.47 bits per heavy atom. The lowest BCUT2D eigenvalue weighted by molar-refractivity contribution is 0.00862. The van der Waals surface area contributed by atoms with Gasteiger partial charge < -0.3 is 5.32 Å². The van der Waals surface area contributed by atoms with Crippen LogP contribution in [0, 0.1) is 0 Å². The van der Waals surface area contributed by atoms with Crippen molar-refractivity contribution in [3.05, 3.63) is 23.8 Å². The molecule has 1 N–H and O–H groups in total.